The van der Waals surface area contributed by atoms with E-state index < -0.39 is 0 Å². The maximum Gasteiger partial charge on any atom is 0.0587 e. The molecule has 2 aromatic rings. The molecule has 0 spiro atoms. The number of halogens is 2. The highest BCUT2D eigenvalue weighted by Crippen LogP contribution is 2.29. The zero-order chi connectivity index (χ0) is 15.2. The lowest BCUT2D eigenvalue weighted by Gasteiger charge is -2.22. The molecule has 2 rings (SSSR count). The van der Waals surface area contributed by atoms with Crippen LogP contribution in [0.4, 0.5) is 0 Å². The van der Waals surface area contributed by atoms with Crippen LogP contribution in [0.5, 0.6) is 0 Å². The Balaban J connectivity index is 2.44. The van der Waals surface area contributed by atoms with Gasteiger partial charge in [0, 0.05) is 8.04 Å². The second-order valence-electron chi connectivity index (χ2n) is 5.15. The van der Waals surface area contributed by atoms with Gasteiger partial charge in [0.25, 0.3) is 0 Å². The summed E-state index contributed by atoms with van der Waals surface area (Å²) in [5, 5.41) is 3.70. The SMILES string of the molecule is CCCNC(c1cccc(CC)c1)c1cc(Br)ccc1I. The summed E-state index contributed by atoms with van der Waals surface area (Å²) in [6, 6.07) is 15.7. The summed E-state index contributed by atoms with van der Waals surface area (Å²) in [6.45, 7) is 5.43. The van der Waals surface area contributed by atoms with E-state index in [0.29, 0.717) is 0 Å². The van der Waals surface area contributed by atoms with Gasteiger partial charge >= 0.3 is 0 Å². The van der Waals surface area contributed by atoms with Crippen LogP contribution in [0, 0.1) is 3.57 Å². The third-order valence-corrected chi connectivity index (χ3v) is 5.04. The fourth-order valence-electron chi connectivity index (χ4n) is 2.42. The lowest BCUT2D eigenvalue weighted by Crippen LogP contribution is -2.24. The van der Waals surface area contributed by atoms with Crippen LogP contribution in [0.25, 0.3) is 0 Å². The number of aryl methyl sites for hydroxylation is 1. The molecule has 0 radical (unpaired) electrons. The normalized spacial score (nSPS) is 12.4. The van der Waals surface area contributed by atoms with Crippen molar-refractivity contribution in [2.45, 2.75) is 32.7 Å². The molecule has 0 aliphatic carbocycles. The summed E-state index contributed by atoms with van der Waals surface area (Å²) in [6.07, 6.45) is 2.21. The fraction of sp³-hybridized carbons (Fsp3) is 0.333. The molecule has 0 aliphatic rings. The first-order valence-corrected chi connectivity index (χ1v) is 9.30. The molecule has 2 aromatic carbocycles. The summed E-state index contributed by atoms with van der Waals surface area (Å²) in [5.74, 6) is 0. The van der Waals surface area contributed by atoms with Gasteiger partial charge in [0.05, 0.1) is 6.04 Å². The summed E-state index contributed by atoms with van der Waals surface area (Å²) < 4.78 is 2.43. The van der Waals surface area contributed by atoms with E-state index in [9.17, 15) is 0 Å². The van der Waals surface area contributed by atoms with Gasteiger partial charge in [-0.3, -0.25) is 0 Å². The molecule has 1 unspecified atom stereocenters. The van der Waals surface area contributed by atoms with Gasteiger partial charge in [0.15, 0.2) is 0 Å². The van der Waals surface area contributed by atoms with Crippen LogP contribution in [-0.4, -0.2) is 6.54 Å². The van der Waals surface area contributed by atoms with Gasteiger partial charge in [-0.15, -0.1) is 0 Å². The van der Waals surface area contributed by atoms with E-state index in [0.717, 1.165) is 23.9 Å². The maximum absolute atomic E-state index is 3.70. The average molecular weight is 458 g/mol. The van der Waals surface area contributed by atoms with Gasteiger partial charge in [-0.2, -0.15) is 0 Å². The molecular formula is C18H21BrIN. The molecule has 0 saturated heterocycles. The quantitative estimate of drug-likeness (QED) is 0.548. The van der Waals surface area contributed by atoms with E-state index in [1.54, 1.807) is 0 Å². The van der Waals surface area contributed by atoms with E-state index in [1.807, 2.05) is 0 Å². The van der Waals surface area contributed by atoms with E-state index in [1.165, 1.54) is 20.3 Å². The second-order valence-corrected chi connectivity index (χ2v) is 7.23. The Morgan fingerprint density at radius 3 is 2.67 bits per heavy atom. The molecule has 0 saturated carbocycles. The lowest BCUT2D eigenvalue weighted by molar-refractivity contribution is 0.596. The average Bonchev–Trinajstić information content (AvgIpc) is 2.51. The van der Waals surface area contributed by atoms with Crippen LogP contribution in [0.2, 0.25) is 0 Å². The van der Waals surface area contributed by atoms with Crippen LogP contribution in [0.3, 0.4) is 0 Å². The van der Waals surface area contributed by atoms with Crippen molar-refractivity contribution in [3.63, 3.8) is 0 Å². The minimum absolute atomic E-state index is 0.251. The van der Waals surface area contributed by atoms with Gasteiger partial charge in [0.1, 0.15) is 0 Å². The Labute approximate surface area is 149 Å². The predicted molar refractivity (Wildman–Crippen MR) is 103 cm³/mol. The first-order valence-electron chi connectivity index (χ1n) is 7.42. The van der Waals surface area contributed by atoms with Gasteiger partial charge in [-0.05, 0) is 76.9 Å². The number of nitrogens with one attached hydrogen (secondary N) is 1. The molecule has 1 nitrogen and oxygen atoms in total. The van der Waals surface area contributed by atoms with Gasteiger partial charge in [0.2, 0.25) is 0 Å². The third kappa shape index (κ3) is 4.54. The highest BCUT2D eigenvalue weighted by atomic mass is 127. The summed E-state index contributed by atoms with van der Waals surface area (Å²) >= 11 is 6.03. The summed E-state index contributed by atoms with van der Waals surface area (Å²) in [4.78, 5) is 0. The van der Waals surface area contributed by atoms with Crippen molar-refractivity contribution < 1.29 is 0 Å². The molecule has 0 heterocycles. The van der Waals surface area contributed by atoms with E-state index in [2.05, 4.69) is 100 Å². The zero-order valence-electron chi connectivity index (χ0n) is 12.5. The second kappa shape index (κ2) is 8.30. The molecule has 0 amide bonds. The molecular weight excluding hydrogens is 437 g/mol. The van der Waals surface area contributed by atoms with E-state index in [-0.39, 0.29) is 6.04 Å². The summed E-state index contributed by atoms with van der Waals surface area (Å²) in [7, 11) is 0. The summed E-state index contributed by atoms with van der Waals surface area (Å²) in [5.41, 5.74) is 4.08. The molecule has 21 heavy (non-hydrogen) atoms. The van der Waals surface area contributed by atoms with Crippen molar-refractivity contribution in [1.29, 1.82) is 0 Å². The first-order chi connectivity index (χ1) is 10.2. The van der Waals surface area contributed by atoms with Crippen LogP contribution >= 0.6 is 38.5 Å². The molecule has 1 N–H and O–H groups in total. The van der Waals surface area contributed by atoms with Gasteiger partial charge in [-0.1, -0.05) is 54.0 Å². The van der Waals surface area contributed by atoms with Crippen molar-refractivity contribution in [3.05, 3.63) is 67.2 Å². The minimum atomic E-state index is 0.251. The number of rotatable bonds is 6. The van der Waals surface area contributed by atoms with Crippen molar-refractivity contribution in [1.82, 2.24) is 5.32 Å². The van der Waals surface area contributed by atoms with Crippen LogP contribution in [0.15, 0.2) is 46.9 Å². The predicted octanol–water partition coefficient (Wildman–Crippen LogP) is 5.71. The van der Waals surface area contributed by atoms with Crippen LogP contribution < -0.4 is 5.32 Å². The minimum Gasteiger partial charge on any atom is -0.306 e. The smallest absolute Gasteiger partial charge is 0.0587 e. The molecule has 1 atom stereocenters. The molecule has 112 valence electrons. The molecule has 0 bridgehead atoms. The monoisotopic (exact) mass is 457 g/mol. The molecule has 3 heteroatoms. The zero-order valence-corrected chi connectivity index (χ0v) is 16.2. The van der Waals surface area contributed by atoms with Crippen LogP contribution in [-0.2, 0) is 6.42 Å². The number of hydrogen-bond donors (Lipinski definition) is 1. The van der Waals surface area contributed by atoms with Gasteiger partial charge in [-0.25, -0.2) is 0 Å². The number of hydrogen-bond acceptors (Lipinski definition) is 1. The Morgan fingerprint density at radius 1 is 1.14 bits per heavy atom. The van der Waals surface area contributed by atoms with E-state index in [4.69, 9.17) is 0 Å². The lowest BCUT2D eigenvalue weighted by atomic mass is 9.96. The van der Waals surface area contributed by atoms with Crippen molar-refractivity contribution in [2.24, 2.45) is 0 Å². The largest absolute Gasteiger partial charge is 0.306 e. The van der Waals surface area contributed by atoms with Crippen molar-refractivity contribution >= 4 is 38.5 Å². The maximum atomic E-state index is 3.70. The molecule has 0 aromatic heterocycles. The van der Waals surface area contributed by atoms with Crippen molar-refractivity contribution in [2.75, 3.05) is 6.54 Å². The highest BCUT2D eigenvalue weighted by Gasteiger charge is 2.16. The molecule has 0 fully saturated rings. The van der Waals surface area contributed by atoms with E-state index >= 15 is 0 Å². The van der Waals surface area contributed by atoms with Gasteiger partial charge < -0.3 is 5.32 Å². The molecule has 0 aliphatic heterocycles. The first kappa shape index (κ1) is 17.0. The Kier molecular flexibility index (Phi) is 6.71. The Hall–Kier alpha value is -0.390. The Morgan fingerprint density at radius 2 is 1.95 bits per heavy atom. The Bertz CT molecular complexity index is 598. The third-order valence-electron chi connectivity index (χ3n) is 3.56. The topological polar surface area (TPSA) is 12.0 Å². The van der Waals surface area contributed by atoms with Crippen molar-refractivity contribution in [3.8, 4) is 0 Å². The highest BCUT2D eigenvalue weighted by molar-refractivity contribution is 14.1. The number of benzene rings is 2. The fourth-order valence-corrected chi connectivity index (χ4v) is 3.45. The standard InChI is InChI=1S/C18H21BrIN/c1-3-10-21-18(14-7-5-6-13(4-2)11-14)16-12-15(19)8-9-17(16)20/h5-9,11-12,18,21H,3-4,10H2,1-2H3. The van der Waals surface area contributed by atoms with Crippen LogP contribution in [0.1, 0.15) is 43.0 Å².